The van der Waals surface area contributed by atoms with Gasteiger partial charge < -0.3 is 20.2 Å². The largest absolute Gasteiger partial charge is 0.440 e. The molecule has 3 N–H and O–H groups in total. The van der Waals surface area contributed by atoms with E-state index in [-0.39, 0.29) is 17.5 Å². The van der Waals surface area contributed by atoms with E-state index in [1.165, 1.54) is 6.07 Å². The quantitative estimate of drug-likeness (QED) is 0.622. The molecular weight excluding hydrogens is 368 g/mol. The first kappa shape index (κ1) is 19.8. The summed E-state index contributed by atoms with van der Waals surface area (Å²) in [5.74, 6) is -1.46. The van der Waals surface area contributed by atoms with Crippen molar-refractivity contribution >= 4 is 22.8 Å². The maximum atomic E-state index is 13.2. The molecule has 0 aliphatic rings. The molecule has 0 spiro atoms. The van der Waals surface area contributed by atoms with Gasteiger partial charge in [-0.15, -0.1) is 0 Å². The Hall–Kier alpha value is -3.00. The topological polar surface area (TPSA) is 87.4 Å². The SMILES string of the molecule is CC(C)(C)c1nc2cc(NC(=O)NCC(O)c3ccc(F)c(F)c3)ccc2o1. The van der Waals surface area contributed by atoms with E-state index in [4.69, 9.17) is 4.42 Å². The number of nitrogens with one attached hydrogen (secondary N) is 2. The molecule has 0 saturated carbocycles. The number of aliphatic hydroxyl groups excluding tert-OH is 1. The van der Waals surface area contributed by atoms with Crippen LogP contribution in [0, 0.1) is 11.6 Å². The van der Waals surface area contributed by atoms with Gasteiger partial charge in [0.1, 0.15) is 5.52 Å². The number of oxazole rings is 1. The highest BCUT2D eigenvalue weighted by molar-refractivity contribution is 5.91. The maximum absolute atomic E-state index is 13.2. The van der Waals surface area contributed by atoms with E-state index in [1.54, 1.807) is 18.2 Å². The van der Waals surface area contributed by atoms with E-state index in [1.807, 2.05) is 20.8 Å². The zero-order chi connectivity index (χ0) is 20.5. The van der Waals surface area contributed by atoms with E-state index >= 15 is 0 Å². The number of fused-ring (bicyclic) bond motifs is 1. The Morgan fingerprint density at radius 3 is 2.61 bits per heavy atom. The summed E-state index contributed by atoms with van der Waals surface area (Å²) >= 11 is 0. The molecule has 0 saturated heterocycles. The van der Waals surface area contributed by atoms with Crippen LogP contribution in [0.2, 0.25) is 0 Å². The van der Waals surface area contributed by atoms with Gasteiger partial charge in [0.05, 0.1) is 6.10 Å². The average Bonchev–Trinajstić information content (AvgIpc) is 3.06. The number of hydrogen-bond acceptors (Lipinski definition) is 4. The minimum atomic E-state index is -1.17. The molecule has 3 aromatic rings. The lowest BCUT2D eigenvalue weighted by Gasteiger charge is -2.13. The molecular formula is C20H21F2N3O3. The number of urea groups is 1. The van der Waals surface area contributed by atoms with Crippen molar-refractivity contribution in [1.82, 2.24) is 10.3 Å². The Kier molecular flexibility index (Phi) is 5.33. The van der Waals surface area contributed by atoms with Gasteiger partial charge in [0, 0.05) is 17.6 Å². The summed E-state index contributed by atoms with van der Waals surface area (Å²) in [5, 5.41) is 15.1. The van der Waals surface area contributed by atoms with Crippen LogP contribution in [0.25, 0.3) is 11.1 Å². The number of carbonyl (C=O) groups excluding carboxylic acids is 1. The van der Waals surface area contributed by atoms with Crippen LogP contribution in [0.1, 0.15) is 38.3 Å². The highest BCUT2D eigenvalue weighted by atomic mass is 19.2. The van der Waals surface area contributed by atoms with Crippen molar-refractivity contribution in [1.29, 1.82) is 0 Å². The van der Waals surface area contributed by atoms with Gasteiger partial charge in [0.2, 0.25) is 5.89 Å². The van der Waals surface area contributed by atoms with Crippen molar-refractivity contribution in [2.45, 2.75) is 32.3 Å². The lowest BCUT2D eigenvalue weighted by atomic mass is 9.97. The normalized spacial score (nSPS) is 12.8. The van der Waals surface area contributed by atoms with Crippen molar-refractivity contribution in [3.05, 3.63) is 59.5 Å². The van der Waals surface area contributed by atoms with Crippen LogP contribution in [0.3, 0.4) is 0 Å². The Bertz CT molecular complexity index is 1010. The molecule has 8 heteroatoms. The summed E-state index contributed by atoms with van der Waals surface area (Å²) < 4.78 is 31.9. The summed E-state index contributed by atoms with van der Waals surface area (Å²) in [6, 6.07) is 7.58. The van der Waals surface area contributed by atoms with Crippen LogP contribution in [0.4, 0.5) is 19.3 Å². The second kappa shape index (κ2) is 7.55. The highest BCUT2D eigenvalue weighted by Crippen LogP contribution is 2.27. The molecule has 1 heterocycles. The second-order valence-corrected chi connectivity index (χ2v) is 7.48. The molecule has 1 unspecified atom stereocenters. The predicted molar refractivity (Wildman–Crippen MR) is 101 cm³/mol. The first-order valence-electron chi connectivity index (χ1n) is 8.72. The van der Waals surface area contributed by atoms with E-state index < -0.39 is 23.8 Å². The molecule has 0 aliphatic heterocycles. The smallest absolute Gasteiger partial charge is 0.319 e. The van der Waals surface area contributed by atoms with Crippen LogP contribution in [-0.4, -0.2) is 22.7 Å². The summed E-state index contributed by atoms with van der Waals surface area (Å²) in [5.41, 5.74) is 1.66. The van der Waals surface area contributed by atoms with Gasteiger partial charge in [-0.2, -0.15) is 0 Å². The highest BCUT2D eigenvalue weighted by Gasteiger charge is 2.21. The van der Waals surface area contributed by atoms with E-state index in [0.717, 1.165) is 12.1 Å². The second-order valence-electron chi connectivity index (χ2n) is 7.48. The zero-order valence-electron chi connectivity index (χ0n) is 15.7. The molecule has 2 aromatic carbocycles. The van der Waals surface area contributed by atoms with Gasteiger partial charge in [0.25, 0.3) is 0 Å². The predicted octanol–water partition coefficient (Wildman–Crippen LogP) is 4.26. The molecule has 2 amide bonds. The fraction of sp³-hybridized carbons (Fsp3) is 0.300. The van der Waals surface area contributed by atoms with Crippen LogP contribution < -0.4 is 10.6 Å². The lowest BCUT2D eigenvalue weighted by molar-refractivity contribution is 0.174. The average molecular weight is 389 g/mol. The number of carbonyl (C=O) groups is 1. The standard InChI is InChI=1S/C20H21F2N3O3/c1-20(2,3)18-25-15-9-12(5-7-17(15)28-18)24-19(27)23-10-16(26)11-4-6-13(21)14(22)8-11/h4-9,16,26H,10H2,1-3H3,(H2,23,24,27). The minimum Gasteiger partial charge on any atom is -0.440 e. The van der Waals surface area contributed by atoms with Crippen molar-refractivity contribution in [3.8, 4) is 0 Å². The van der Waals surface area contributed by atoms with Gasteiger partial charge in [-0.1, -0.05) is 26.8 Å². The summed E-state index contributed by atoms with van der Waals surface area (Å²) in [4.78, 5) is 16.5. The number of aromatic nitrogens is 1. The fourth-order valence-corrected chi connectivity index (χ4v) is 2.53. The van der Waals surface area contributed by atoms with Gasteiger partial charge in [-0.25, -0.2) is 18.6 Å². The van der Waals surface area contributed by atoms with Gasteiger partial charge in [-0.3, -0.25) is 0 Å². The number of amides is 2. The third kappa shape index (κ3) is 4.45. The van der Waals surface area contributed by atoms with Gasteiger partial charge >= 0.3 is 6.03 Å². The van der Waals surface area contributed by atoms with Crippen molar-refractivity contribution in [2.24, 2.45) is 0 Å². The van der Waals surface area contributed by atoms with Gasteiger partial charge in [0.15, 0.2) is 17.2 Å². The first-order valence-corrected chi connectivity index (χ1v) is 8.72. The lowest BCUT2D eigenvalue weighted by Crippen LogP contribution is -2.32. The van der Waals surface area contributed by atoms with Gasteiger partial charge in [-0.05, 0) is 35.9 Å². The summed E-state index contributed by atoms with van der Waals surface area (Å²) in [6.45, 7) is 5.80. The number of aliphatic hydroxyl groups is 1. The monoisotopic (exact) mass is 389 g/mol. The number of benzene rings is 2. The number of anilines is 1. The van der Waals surface area contributed by atoms with Crippen molar-refractivity contribution in [3.63, 3.8) is 0 Å². The number of hydrogen-bond donors (Lipinski definition) is 3. The van der Waals surface area contributed by atoms with E-state index in [9.17, 15) is 18.7 Å². The Morgan fingerprint density at radius 2 is 1.93 bits per heavy atom. The Balaban J connectivity index is 1.61. The van der Waals surface area contributed by atoms with Crippen LogP contribution in [0.15, 0.2) is 40.8 Å². The third-order valence-corrected chi connectivity index (χ3v) is 4.07. The van der Waals surface area contributed by atoms with Crippen molar-refractivity contribution < 1.29 is 23.1 Å². The number of nitrogens with zero attached hydrogens (tertiary/aromatic N) is 1. The third-order valence-electron chi connectivity index (χ3n) is 4.07. The fourth-order valence-electron chi connectivity index (χ4n) is 2.53. The molecule has 0 radical (unpaired) electrons. The molecule has 148 valence electrons. The molecule has 0 bridgehead atoms. The van der Waals surface area contributed by atoms with E-state index in [0.29, 0.717) is 22.7 Å². The number of halogens is 2. The molecule has 28 heavy (non-hydrogen) atoms. The van der Waals surface area contributed by atoms with Crippen LogP contribution >= 0.6 is 0 Å². The summed E-state index contributed by atoms with van der Waals surface area (Å²) in [6.07, 6.45) is -1.17. The molecule has 0 fully saturated rings. The first-order chi connectivity index (χ1) is 13.1. The van der Waals surface area contributed by atoms with Crippen LogP contribution in [-0.2, 0) is 5.41 Å². The Labute approximate surface area is 160 Å². The Morgan fingerprint density at radius 1 is 1.18 bits per heavy atom. The molecule has 6 nitrogen and oxygen atoms in total. The van der Waals surface area contributed by atoms with E-state index in [2.05, 4.69) is 15.6 Å². The maximum Gasteiger partial charge on any atom is 0.319 e. The molecule has 3 rings (SSSR count). The minimum absolute atomic E-state index is 0.165. The number of rotatable bonds is 4. The van der Waals surface area contributed by atoms with Crippen LogP contribution in [0.5, 0.6) is 0 Å². The molecule has 1 aromatic heterocycles. The van der Waals surface area contributed by atoms with Crippen molar-refractivity contribution in [2.75, 3.05) is 11.9 Å². The zero-order valence-corrected chi connectivity index (χ0v) is 15.7. The summed E-state index contributed by atoms with van der Waals surface area (Å²) in [7, 11) is 0. The molecule has 1 atom stereocenters. The molecule has 0 aliphatic carbocycles.